The molecule has 6 nitrogen and oxygen atoms in total. The van der Waals surface area contributed by atoms with Crippen LogP contribution in [-0.4, -0.2) is 24.9 Å². The molecule has 0 saturated carbocycles. The van der Waals surface area contributed by atoms with Gasteiger partial charge in [-0.05, 0) is 25.1 Å². The van der Waals surface area contributed by atoms with E-state index in [1.54, 1.807) is 31.5 Å². The third kappa shape index (κ3) is 3.92. The summed E-state index contributed by atoms with van der Waals surface area (Å²) in [5.41, 5.74) is 5.91. The smallest absolute Gasteiger partial charge is 0.241 e. The van der Waals surface area contributed by atoms with Crippen molar-refractivity contribution in [1.82, 2.24) is 14.7 Å². The number of hydrogen-bond donors (Lipinski definition) is 3. The number of rotatable bonds is 4. The average molecular weight is 304 g/mol. The van der Waals surface area contributed by atoms with E-state index in [-0.39, 0.29) is 11.4 Å². The van der Waals surface area contributed by atoms with Gasteiger partial charge in [-0.25, -0.2) is 18.1 Å². The first kappa shape index (κ1) is 15.3. The number of benzene rings is 1. The minimum atomic E-state index is -3.64. The molecule has 1 aromatic heterocycles. The highest BCUT2D eigenvalue weighted by Gasteiger charge is 2.19. The lowest BCUT2D eigenvalue weighted by Gasteiger charge is -2.12. The standard InChI is InChI=1S/C14H16N4O2S/c1-11(14-16-8-9-17-14)18-21(19,20)13-6-2-4-12(10-13)5-3-7-15/h2,4,6,8-11,18H,7,15H2,1H3,(H,16,17). The zero-order chi connectivity index (χ0) is 15.3. The molecule has 1 unspecified atom stereocenters. The third-order valence-corrected chi connectivity index (χ3v) is 4.28. The fourth-order valence-corrected chi connectivity index (χ4v) is 3.02. The Morgan fingerprint density at radius 3 is 2.95 bits per heavy atom. The number of aromatic amines is 1. The van der Waals surface area contributed by atoms with Crippen LogP contribution in [0, 0.1) is 11.8 Å². The lowest BCUT2D eigenvalue weighted by atomic mass is 10.2. The summed E-state index contributed by atoms with van der Waals surface area (Å²) in [6.45, 7) is 1.94. The number of imidazole rings is 1. The van der Waals surface area contributed by atoms with Gasteiger partial charge in [0, 0.05) is 18.0 Å². The van der Waals surface area contributed by atoms with Gasteiger partial charge in [0.1, 0.15) is 5.82 Å². The lowest BCUT2D eigenvalue weighted by Crippen LogP contribution is -2.27. The van der Waals surface area contributed by atoms with Crippen molar-refractivity contribution < 1.29 is 8.42 Å². The number of sulfonamides is 1. The second-order valence-corrected chi connectivity index (χ2v) is 6.07. The maximum absolute atomic E-state index is 12.3. The largest absolute Gasteiger partial charge is 0.347 e. The molecule has 2 rings (SSSR count). The van der Waals surface area contributed by atoms with Crippen LogP contribution < -0.4 is 10.5 Å². The molecule has 1 aromatic carbocycles. The molecule has 0 bridgehead atoms. The molecule has 2 aromatic rings. The molecular formula is C14H16N4O2S. The third-order valence-electron chi connectivity index (χ3n) is 2.74. The van der Waals surface area contributed by atoms with Crippen molar-refractivity contribution >= 4 is 10.0 Å². The molecular weight excluding hydrogens is 288 g/mol. The Kier molecular flexibility index (Phi) is 4.75. The first-order valence-corrected chi connectivity index (χ1v) is 7.82. The first-order chi connectivity index (χ1) is 10.0. The molecule has 0 aliphatic heterocycles. The Bertz CT molecular complexity index is 758. The van der Waals surface area contributed by atoms with E-state index in [9.17, 15) is 8.42 Å². The monoisotopic (exact) mass is 304 g/mol. The molecule has 0 aliphatic rings. The molecule has 0 saturated heterocycles. The highest BCUT2D eigenvalue weighted by atomic mass is 32.2. The maximum Gasteiger partial charge on any atom is 0.241 e. The van der Waals surface area contributed by atoms with Gasteiger partial charge in [-0.1, -0.05) is 17.9 Å². The Balaban J connectivity index is 2.23. The SMILES string of the molecule is CC(NS(=O)(=O)c1cccc(C#CCN)c1)c1ncc[nH]1. The minimum absolute atomic E-state index is 0.157. The Morgan fingerprint density at radius 2 is 2.29 bits per heavy atom. The molecule has 4 N–H and O–H groups in total. The number of nitrogens with one attached hydrogen (secondary N) is 2. The molecule has 0 fully saturated rings. The first-order valence-electron chi connectivity index (χ1n) is 6.33. The molecule has 1 heterocycles. The van der Waals surface area contributed by atoms with Gasteiger partial charge in [-0.2, -0.15) is 0 Å². The Labute approximate surface area is 123 Å². The minimum Gasteiger partial charge on any atom is -0.347 e. The molecule has 0 amide bonds. The van der Waals surface area contributed by atoms with Crippen LogP contribution in [0.25, 0.3) is 0 Å². The summed E-state index contributed by atoms with van der Waals surface area (Å²) < 4.78 is 27.2. The van der Waals surface area contributed by atoms with Crippen LogP contribution in [0.1, 0.15) is 24.4 Å². The molecule has 0 spiro atoms. The van der Waals surface area contributed by atoms with E-state index in [2.05, 4.69) is 26.5 Å². The van der Waals surface area contributed by atoms with Crippen LogP contribution in [0.2, 0.25) is 0 Å². The molecule has 0 radical (unpaired) electrons. The summed E-state index contributed by atoms with van der Waals surface area (Å²) in [4.78, 5) is 7.07. The van der Waals surface area contributed by atoms with Crippen LogP contribution >= 0.6 is 0 Å². The fourth-order valence-electron chi connectivity index (χ4n) is 1.76. The van der Waals surface area contributed by atoms with E-state index >= 15 is 0 Å². The number of hydrogen-bond acceptors (Lipinski definition) is 4. The van der Waals surface area contributed by atoms with Crippen molar-refractivity contribution in [3.05, 3.63) is 48.0 Å². The number of aromatic nitrogens is 2. The molecule has 21 heavy (non-hydrogen) atoms. The van der Waals surface area contributed by atoms with Crippen molar-refractivity contribution in [3.8, 4) is 11.8 Å². The summed E-state index contributed by atoms with van der Waals surface area (Å²) in [5, 5.41) is 0. The van der Waals surface area contributed by atoms with Gasteiger partial charge in [0.2, 0.25) is 10.0 Å². The van der Waals surface area contributed by atoms with E-state index < -0.39 is 16.1 Å². The maximum atomic E-state index is 12.3. The predicted molar refractivity (Wildman–Crippen MR) is 79.7 cm³/mol. The van der Waals surface area contributed by atoms with Crippen molar-refractivity contribution in [3.63, 3.8) is 0 Å². The Hall–Kier alpha value is -2.14. The molecule has 0 aliphatic carbocycles. The van der Waals surface area contributed by atoms with Crippen LogP contribution in [0.5, 0.6) is 0 Å². The summed E-state index contributed by atoms with van der Waals surface area (Å²) in [6.07, 6.45) is 3.21. The van der Waals surface area contributed by atoms with Crippen molar-refractivity contribution in [2.24, 2.45) is 5.73 Å². The van der Waals surface area contributed by atoms with Crippen LogP contribution in [0.4, 0.5) is 0 Å². The van der Waals surface area contributed by atoms with Crippen molar-refractivity contribution in [1.29, 1.82) is 0 Å². The quantitative estimate of drug-likeness (QED) is 0.726. The molecule has 1 atom stereocenters. The van der Waals surface area contributed by atoms with Gasteiger partial charge >= 0.3 is 0 Å². The van der Waals surface area contributed by atoms with E-state index in [0.29, 0.717) is 11.4 Å². The lowest BCUT2D eigenvalue weighted by molar-refractivity contribution is 0.561. The van der Waals surface area contributed by atoms with E-state index in [1.165, 1.54) is 12.1 Å². The van der Waals surface area contributed by atoms with E-state index in [1.807, 2.05) is 0 Å². The summed E-state index contributed by atoms with van der Waals surface area (Å²) >= 11 is 0. The average Bonchev–Trinajstić information content (AvgIpc) is 2.99. The van der Waals surface area contributed by atoms with Crippen LogP contribution in [0.15, 0.2) is 41.6 Å². The fraction of sp³-hybridized carbons (Fsp3) is 0.214. The zero-order valence-corrected chi connectivity index (χ0v) is 12.3. The van der Waals surface area contributed by atoms with Gasteiger partial charge in [-0.3, -0.25) is 0 Å². The van der Waals surface area contributed by atoms with Crippen molar-refractivity contribution in [2.75, 3.05) is 6.54 Å². The van der Waals surface area contributed by atoms with E-state index in [0.717, 1.165) is 0 Å². The highest BCUT2D eigenvalue weighted by Crippen LogP contribution is 2.15. The normalized spacial score (nSPS) is 12.5. The van der Waals surface area contributed by atoms with E-state index in [4.69, 9.17) is 5.73 Å². The van der Waals surface area contributed by atoms with Gasteiger partial charge in [0.15, 0.2) is 0 Å². The second kappa shape index (κ2) is 6.54. The molecule has 7 heteroatoms. The number of nitrogens with zero attached hydrogens (tertiary/aromatic N) is 1. The topological polar surface area (TPSA) is 101 Å². The predicted octanol–water partition coefficient (Wildman–Crippen LogP) is 0.759. The highest BCUT2D eigenvalue weighted by molar-refractivity contribution is 7.89. The van der Waals surface area contributed by atoms with Crippen molar-refractivity contribution in [2.45, 2.75) is 17.9 Å². The van der Waals surface area contributed by atoms with Gasteiger partial charge in [0.25, 0.3) is 0 Å². The van der Waals surface area contributed by atoms with Gasteiger partial charge in [-0.15, -0.1) is 0 Å². The Morgan fingerprint density at radius 1 is 1.48 bits per heavy atom. The summed E-state index contributed by atoms with van der Waals surface area (Å²) in [5.74, 6) is 6.06. The molecule has 110 valence electrons. The number of nitrogens with two attached hydrogens (primary N) is 1. The number of H-pyrrole nitrogens is 1. The summed E-state index contributed by atoms with van der Waals surface area (Å²) in [6, 6.07) is 5.96. The van der Waals surface area contributed by atoms with Gasteiger partial charge < -0.3 is 10.7 Å². The zero-order valence-electron chi connectivity index (χ0n) is 11.5. The van der Waals surface area contributed by atoms with Crippen LogP contribution in [-0.2, 0) is 10.0 Å². The summed E-state index contributed by atoms with van der Waals surface area (Å²) in [7, 11) is -3.64. The van der Waals surface area contributed by atoms with Crippen LogP contribution in [0.3, 0.4) is 0 Å². The second-order valence-electron chi connectivity index (χ2n) is 4.35. The van der Waals surface area contributed by atoms with Gasteiger partial charge in [0.05, 0.1) is 17.5 Å².